The third-order valence-electron chi connectivity index (χ3n) is 4.74. The van der Waals surface area contributed by atoms with Gasteiger partial charge in [-0.15, -0.1) is 24.0 Å². The molecule has 1 heterocycles. The second-order valence-corrected chi connectivity index (χ2v) is 7.47. The van der Waals surface area contributed by atoms with Crippen molar-refractivity contribution >= 4 is 35.8 Å². The Hall–Kier alpha value is -1.59. The van der Waals surface area contributed by atoms with Gasteiger partial charge in [0.05, 0.1) is 26.3 Å². The molecule has 0 aromatic heterocycles. The second-order valence-electron chi connectivity index (χ2n) is 7.47. The first-order valence-corrected chi connectivity index (χ1v) is 10.3. The lowest BCUT2D eigenvalue weighted by Gasteiger charge is -2.36. The Labute approximate surface area is 197 Å². The molecule has 1 aliphatic rings. The molecule has 0 bridgehead atoms. The lowest BCUT2D eigenvalue weighted by Crippen LogP contribution is -2.54. The van der Waals surface area contributed by atoms with E-state index in [0.29, 0.717) is 6.54 Å². The molecule has 1 atom stereocenters. The normalized spacial score (nSPS) is 16.1. The van der Waals surface area contributed by atoms with Gasteiger partial charge in [0.2, 0.25) is 5.91 Å². The number of ether oxygens (including phenoxy) is 1. The second kappa shape index (κ2) is 13.7. The third kappa shape index (κ3) is 8.65. The summed E-state index contributed by atoms with van der Waals surface area (Å²) in [6, 6.07) is 7.54. The summed E-state index contributed by atoms with van der Waals surface area (Å²) in [5, 5.41) is 16.7. The van der Waals surface area contributed by atoms with Gasteiger partial charge in [-0.1, -0.05) is 12.1 Å². The summed E-state index contributed by atoms with van der Waals surface area (Å²) in [6.45, 7) is 10.6. The van der Waals surface area contributed by atoms with Crippen LogP contribution in [0.2, 0.25) is 0 Å². The molecule has 1 fully saturated rings. The topological polar surface area (TPSA) is 89.4 Å². The van der Waals surface area contributed by atoms with E-state index in [4.69, 9.17) is 4.74 Å². The van der Waals surface area contributed by atoms with Crippen LogP contribution in [-0.2, 0) is 4.79 Å². The number of hydrogen-bond acceptors (Lipinski definition) is 5. The van der Waals surface area contributed by atoms with Gasteiger partial charge in [0, 0.05) is 38.8 Å². The molecule has 0 radical (unpaired) electrons. The number of nitrogens with zero attached hydrogens (tertiary/aromatic N) is 3. The lowest BCUT2D eigenvalue weighted by atomic mass is 10.1. The van der Waals surface area contributed by atoms with E-state index in [0.717, 1.165) is 50.0 Å². The molecule has 1 unspecified atom stereocenters. The van der Waals surface area contributed by atoms with Crippen LogP contribution in [0.15, 0.2) is 29.3 Å². The van der Waals surface area contributed by atoms with Crippen LogP contribution >= 0.6 is 24.0 Å². The summed E-state index contributed by atoms with van der Waals surface area (Å²) in [6.07, 6.45) is -0.671. The molecule has 1 aliphatic heterocycles. The van der Waals surface area contributed by atoms with Crippen LogP contribution in [0.25, 0.3) is 0 Å². The Kier molecular flexibility index (Phi) is 12.0. The molecule has 0 saturated carbocycles. The number of aliphatic imine (C=N–C) groups is 1. The number of carbonyl (C=O) groups is 1. The molecule has 1 saturated heterocycles. The van der Waals surface area contributed by atoms with Gasteiger partial charge in [-0.25, -0.2) is 0 Å². The first-order valence-electron chi connectivity index (χ1n) is 10.3. The zero-order valence-corrected chi connectivity index (χ0v) is 20.8. The highest BCUT2D eigenvalue weighted by atomic mass is 127. The summed E-state index contributed by atoms with van der Waals surface area (Å²) in [7, 11) is 1.62. The van der Waals surface area contributed by atoms with Gasteiger partial charge in [-0.05, 0) is 38.5 Å². The number of benzene rings is 1. The van der Waals surface area contributed by atoms with Crippen molar-refractivity contribution in [2.24, 2.45) is 4.99 Å². The van der Waals surface area contributed by atoms with Crippen molar-refractivity contribution in [1.29, 1.82) is 0 Å². The Morgan fingerprint density at radius 3 is 2.37 bits per heavy atom. The van der Waals surface area contributed by atoms with E-state index in [1.165, 1.54) is 0 Å². The number of rotatable bonds is 8. The summed E-state index contributed by atoms with van der Waals surface area (Å²) in [5.74, 6) is 1.63. The number of guanidine groups is 1. The zero-order valence-electron chi connectivity index (χ0n) is 18.4. The SMILES string of the molecule is CCNC(=NCC(O)c1ccc(OC)cc1)N1CCN(CC(=O)NC(C)C)CC1.I. The highest BCUT2D eigenvalue weighted by Gasteiger charge is 2.21. The Balaban J connectivity index is 0.00000450. The molecule has 8 nitrogen and oxygen atoms in total. The number of carbonyl (C=O) groups excluding carboxylic acids is 1. The zero-order chi connectivity index (χ0) is 21.2. The molecular formula is C21H36IN5O3. The smallest absolute Gasteiger partial charge is 0.234 e. The number of methoxy groups -OCH3 is 1. The van der Waals surface area contributed by atoms with E-state index in [2.05, 4.69) is 25.4 Å². The maximum Gasteiger partial charge on any atom is 0.234 e. The van der Waals surface area contributed by atoms with Crippen molar-refractivity contribution in [2.45, 2.75) is 32.9 Å². The van der Waals surface area contributed by atoms with Gasteiger partial charge in [0.1, 0.15) is 5.75 Å². The fourth-order valence-electron chi connectivity index (χ4n) is 3.22. The van der Waals surface area contributed by atoms with Crippen LogP contribution in [-0.4, -0.2) is 85.7 Å². The maximum absolute atomic E-state index is 12.0. The molecule has 9 heteroatoms. The average Bonchev–Trinajstić information content (AvgIpc) is 2.71. The van der Waals surface area contributed by atoms with Crippen LogP contribution in [0.1, 0.15) is 32.4 Å². The van der Waals surface area contributed by atoms with E-state index in [1.807, 2.05) is 45.0 Å². The molecule has 1 aromatic rings. The number of aliphatic hydroxyl groups is 1. The fourth-order valence-corrected chi connectivity index (χ4v) is 3.22. The minimum absolute atomic E-state index is 0. The molecule has 1 amide bonds. The number of nitrogens with one attached hydrogen (secondary N) is 2. The number of hydrogen-bond donors (Lipinski definition) is 3. The summed E-state index contributed by atoms with van der Waals surface area (Å²) < 4.78 is 5.15. The molecule has 3 N–H and O–H groups in total. The van der Waals surface area contributed by atoms with Crippen LogP contribution in [0.4, 0.5) is 0 Å². The standard InChI is InChI=1S/C21H35N5O3.HI/c1-5-22-21(23-14-19(27)17-6-8-18(29-4)9-7-17)26-12-10-25(11-13-26)15-20(28)24-16(2)3;/h6-9,16,19,27H,5,10-15H2,1-4H3,(H,22,23)(H,24,28);1H. The number of piperazine rings is 1. The monoisotopic (exact) mass is 533 g/mol. The summed E-state index contributed by atoms with van der Waals surface area (Å²) >= 11 is 0. The predicted molar refractivity (Wildman–Crippen MR) is 131 cm³/mol. The Morgan fingerprint density at radius 2 is 1.83 bits per heavy atom. The lowest BCUT2D eigenvalue weighted by molar-refractivity contribution is -0.123. The Bertz CT molecular complexity index is 661. The van der Waals surface area contributed by atoms with E-state index >= 15 is 0 Å². The van der Waals surface area contributed by atoms with Crippen molar-refractivity contribution in [3.05, 3.63) is 29.8 Å². The maximum atomic E-state index is 12.0. The van der Waals surface area contributed by atoms with Gasteiger partial charge >= 0.3 is 0 Å². The molecule has 30 heavy (non-hydrogen) atoms. The Morgan fingerprint density at radius 1 is 1.20 bits per heavy atom. The number of halogens is 1. The number of amides is 1. The van der Waals surface area contributed by atoms with Crippen LogP contribution in [0.5, 0.6) is 5.75 Å². The molecule has 1 aromatic carbocycles. The minimum atomic E-state index is -0.671. The van der Waals surface area contributed by atoms with Gasteiger partial charge < -0.3 is 25.4 Å². The van der Waals surface area contributed by atoms with E-state index < -0.39 is 6.10 Å². The fraction of sp³-hybridized carbons (Fsp3) is 0.619. The molecule has 2 rings (SSSR count). The quantitative estimate of drug-likeness (QED) is 0.267. The van der Waals surface area contributed by atoms with Crippen molar-refractivity contribution in [3.8, 4) is 5.75 Å². The first kappa shape index (κ1) is 26.4. The van der Waals surface area contributed by atoms with Crippen LogP contribution in [0, 0.1) is 0 Å². The van der Waals surface area contributed by atoms with E-state index in [1.54, 1.807) is 7.11 Å². The first-order chi connectivity index (χ1) is 13.9. The molecule has 0 aliphatic carbocycles. The van der Waals surface area contributed by atoms with Crippen molar-refractivity contribution < 1.29 is 14.6 Å². The van der Waals surface area contributed by atoms with E-state index in [9.17, 15) is 9.90 Å². The van der Waals surface area contributed by atoms with Crippen molar-refractivity contribution in [1.82, 2.24) is 20.4 Å². The van der Waals surface area contributed by atoms with Crippen molar-refractivity contribution in [3.63, 3.8) is 0 Å². The number of aliphatic hydroxyl groups excluding tert-OH is 1. The third-order valence-corrected chi connectivity index (χ3v) is 4.74. The molecule has 0 spiro atoms. The summed E-state index contributed by atoms with van der Waals surface area (Å²) in [5.41, 5.74) is 0.811. The van der Waals surface area contributed by atoms with E-state index in [-0.39, 0.29) is 42.5 Å². The average molecular weight is 533 g/mol. The van der Waals surface area contributed by atoms with Gasteiger partial charge in [0.15, 0.2) is 5.96 Å². The highest BCUT2D eigenvalue weighted by molar-refractivity contribution is 14.0. The van der Waals surface area contributed by atoms with Gasteiger partial charge in [-0.2, -0.15) is 0 Å². The molecular weight excluding hydrogens is 497 g/mol. The minimum Gasteiger partial charge on any atom is -0.497 e. The van der Waals surface area contributed by atoms with Gasteiger partial charge in [0.25, 0.3) is 0 Å². The van der Waals surface area contributed by atoms with Crippen molar-refractivity contribution in [2.75, 3.05) is 52.9 Å². The summed E-state index contributed by atoms with van der Waals surface area (Å²) in [4.78, 5) is 20.9. The van der Waals surface area contributed by atoms with Crippen LogP contribution < -0.4 is 15.4 Å². The highest BCUT2D eigenvalue weighted by Crippen LogP contribution is 2.18. The largest absolute Gasteiger partial charge is 0.497 e. The van der Waals surface area contributed by atoms with Crippen LogP contribution in [0.3, 0.4) is 0 Å². The molecule has 170 valence electrons. The van der Waals surface area contributed by atoms with Gasteiger partial charge in [-0.3, -0.25) is 14.7 Å². The predicted octanol–water partition coefficient (Wildman–Crippen LogP) is 1.45.